The summed E-state index contributed by atoms with van der Waals surface area (Å²) < 4.78 is 16.0. The molecule has 2 rings (SSSR count). The van der Waals surface area contributed by atoms with Gasteiger partial charge in [0.1, 0.15) is 0 Å². The van der Waals surface area contributed by atoms with Crippen LogP contribution in [0.1, 0.15) is 32.3 Å². The average molecular weight is 404 g/mol. The number of methoxy groups -OCH3 is 1. The molecule has 158 valence electrons. The second-order valence-corrected chi connectivity index (χ2v) is 7.10. The summed E-state index contributed by atoms with van der Waals surface area (Å²) in [5.41, 5.74) is 6.04. The highest BCUT2D eigenvalue weighted by Crippen LogP contribution is 2.29. The Morgan fingerprint density at radius 2 is 2.03 bits per heavy atom. The van der Waals surface area contributed by atoms with E-state index in [1.54, 1.807) is 31.4 Å². The third-order valence-electron chi connectivity index (χ3n) is 4.48. The van der Waals surface area contributed by atoms with Crippen molar-refractivity contribution in [2.45, 2.75) is 32.8 Å². The number of ether oxygens (including phenoxy) is 3. The number of likely N-dealkylation sites (tertiary alicyclic amines) is 1. The van der Waals surface area contributed by atoms with E-state index in [2.05, 4.69) is 0 Å². The Bertz CT molecular complexity index is 774. The molecule has 1 aromatic carbocycles. The van der Waals surface area contributed by atoms with Crippen molar-refractivity contribution in [3.8, 4) is 11.5 Å². The van der Waals surface area contributed by atoms with E-state index in [0.717, 1.165) is 5.56 Å². The van der Waals surface area contributed by atoms with Gasteiger partial charge in [-0.1, -0.05) is 6.07 Å². The van der Waals surface area contributed by atoms with Crippen LogP contribution in [0.25, 0.3) is 6.08 Å². The van der Waals surface area contributed by atoms with Gasteiger partial charge in [0.25, 0.3) is 5.91 Å². The monoisotopic (exact) mass is 404 g/mol. The highest BCUT2D eigenvalue weighted by atomic mass is 16.5. The molecule has 1 aliphatic heterocycles. The van der Waals surface area contributed by atoms with Gasteiger partial charge in [0.2, 0.25) is 5.91 Å². The third-order valence-corrected chi connectivity index (χ3v) is 4.48. The molecule has 0 unspecified atom stereocenters. The van der Waals surface area contributed by atoms with Crippen LogP contribution in [0.15, 0.2) is 24.3 Å². The second kappa shape index (κ2) is 10.5. The summed E-state index contributed by atoms with van der Waals surface area (Å²) in [5.74, 6) is -0.566. The molecule has 0 radical (unpaired) electrons. The standard InChI is InChI=1S/C21H28N2O6/c1-14(2)29-17-8-6-15(11-18(17)27-3)7-9-20(25)28-13-19(24)23-10-4-5-16(12-23)21(22)26/h6-9,11,14,16H,4-5,10,12-13H2,1-3H3,(H2,22,26)/b9-7+/t16-/m0/s1. The zero-order valence-electron chi connectivity index (χ0n) is 17.1. The molecule has 8 nitrogen and oxygen atoms in total. The summed E-state index contributed by atoms with van der Waals surface area (Å²) in [5, 5.41) is 0. The van der Waals surface area contributed by atoms with E-state index in [-0.39, 0.29) is 31.1 Å². The summed E-state index contributed by atoms with van der Waals surface area (Å²) >= 11 is 0. The van der Waals surface area contributed by atoms with Gasteiger partial charge in [-0.2, -0.15) is 0 Å². The first-order chi connectivity index (χ1) is 13.8. The average Bonchev–Trinajstić information content (AvgIpc) is 2.70. The lowest BCUT2D eigenvalue weighted by Crippen LogP contribution is -2.45. The number of esters is 1. The van der Waals surface area contributed by atoms with Crippen molar-refractivity contribution in [3.63, 3.8) is 0 Å². The van der Waals surface area contributed by atoms with Gasteiger partial charge < -0.3 is 24.8 Å². The molecule has 2 amide bonds. The van der Waals surface area contributed by atoms with Gasteiger partial charge in [-0.25, -0.2) is 4.79 Å². The van der Waals surface area contributed by atoms with Crippen molar-refractivity contribution in [1.82, 2.24) is 4.90 Å². The number of benzene rings is 1. The predicted octanol–water partition coefficient (Wildman–Crippen LogP) is 1.76. The molecular weight excluding hydrogens is 376 g/mol. The molecule has 1 atom stereocenters. The van der Waals surface area contributed by atoms with Crippen LogP contribution in [0.5, 0.6) is 11.5 Å². The molecule has 29 heavy (non-hydrogen) atoms. The second-order valence-electron chi connectivity index (χ2n) is 7.10. The molecule has 1 aliphatic rings. The number of carbonyl (C=O) groups is 3. The van der Waals surface area contributed by atoms with Crippen molar-refractivity contribution < 1.29 is 28.6 Å². The van der Waals surface area contributed by atoms with Crippen molar-refractivity contribution in [3.05, 3.63) is 29.8 Å². The van der Waals surface area contributed by atoms with Gasteiger partial charge in [-0.3, -0.25) is 9.59 Å². The fourth-order valence-corrected chi connectivity index (χ4v) is 3.01. The van der Waals surface area contributed by atoms with Gasteiger partial charge in [0, 0.05) is 19.2 Å². The molecule has 2 N–H and O–H groups in total. The number of piperidine rings is 1. The highest BCUT2D eigenvalue weighted by molar-refractivity contribution is 5.89. The molecule has 0 aromatic heterocycles. The summed E-state index contributed by atoms with van der Waals surface area (Å²) in [6.45, 7) is 4.26. The number of primary amides is 1. The van der Waals surface area contributed by atoms with Crippen LogP contribution in [0.2, 0.25) is 0 Å². The molecular formula is C21H28N2O6. The van der Waals surface area contributed by atoms with Crippen LogP contribution in [0, 0.1) is 5.92 Å². The largest absolute Gasteiger partial charge is 0.493 e. The number of rotatable bonds is 8. The Hall–Kier alpha value is -3.03. The van der Waals surface area contributed by atoms with Gasteiger partial charge in [-0.15, -0.1) is 0 Å². The first kappa shape index (κ1) is 22.3. The Labute approximate surface area is 170 Å². The Kier molecular flexibility index (Phi) is 8.06. The SMILES string of the molecule is COc1cc(/C=C/C(=O)OCC(=O)N2CCC[C@H](C(N)=O)C2)ccc1OC(C)C. The quantitative estimate of drug-likeness (QED) is 0.522. The molecule has 0 saturated carbocycles. The van der Waals surface area contributed by atoms with E-state index in [0.29, 0.717) is 30.9 Å². The minimum atomic E-state index is -0.636. The number of carbonyl (C=O) groups excluding carboxylic acids is 3. The highest BCUT2D eigenvalue weighted by Gasteiger charge is 2.27. The molecule has 0 bridgehead atoms. The maximum absolute atomic E-state index is 12.2. The molecule has 1 aromatic rings. The van der Waals surface area contributed by atoms with Crippen LogP contribution in [0.4, 0.5) is 0 Å². The van der Waals surface area contributed by atoms with Crippen LogP contribution in [0.3, 0.4) is 0 Å². The fraction of sp³-hybridized carbons (Fsp3) is 0.476. The van der Waals surface area contributed by atoms with E-state index in [1.807, 2.05) is 13.8 Å². The first-order valence-corrected chi connectivity index (χ1v) is 9.56. The Morgan fingerprint density at radius 3 is 2.69 bits per heavy atom. The number of amides is 2. The van der Waals surface area contributed by atoms with Crippen LogP contribution >= 0.6 is 0 Å². The fourth-order valence-electron chi connectivity index (χ4n) is 3.01. The Balaban J connectivity index is 1.88. The van der Waals surface area contributed by atoms with Crippen LogP contribution < -0.4 is 15.2 Å². The van der Waals surface area contributed by atoms with E-state index < -0.39 is 11.9 Å². The van der Waals surface area contributed by atoms with Gasteiger partial charge in [0.15, 0.2) is 18.1 Å². The number of nitrogens with two attached hydrogens (primary N) is 1. The smallest absolute Gasteiger partial charge is 0.331 e. The summed E-state index contributed by atoms with van der Waals surface area (Å²) in [6, 6.07) is 5.29. The maximum atomic E-state index is 12.2. The Morgan fingerprint density at radius 1 is 1.28 bits per heavy atom. The topological polar surface area (TPSA) is 108 Å². The van der Waals surface area contributed by atoms with Gasteiger partial charge in [-0.05, 0) is 50.5 Å². The van der Waals surface area contributed by atoms with Crippen molar-refractivity contribution in [2.24, 2.45) is 11.7 Å². The third kappa shape index (κ3) is 6.81. The van der Waals surface area contributed by atoms with Crippen molar-refractivity contribution in [2.75, 3.05) is 26.8 Å². The summed E-state index contributed by atoms with van der Waals surface area (Å²) in [7, 11) is 1.54. The minimum absolute atomic E-state index is 0.0102. The van der Waals surface area contributed by atoms with Crippen LogP contribution in [-0.4, -0.2) is 55.6 Å². The summed E-state index contributed by atoms with van der Waals surface area (Å²) in [4.78, 5) is 36.9. The van der Waals surface area contributed by atoms with Gasteiger partial charge >= 0.3 is 5.97 Å². The zero-order valence-corrected chi connectivity index (χ0v) is 17.1. The molecule has 1 heterocycles. The zero-order chi connectivity index (χ0) is 21.4. The molecule has 0 spiro atoms. The minimum Gasteiger partial charge on any atom is -0.493 e. The lowest BCUT2D eigenvalue weighted by molar-refractivity contribution is -0.149. The maximum Gasteiger partial charge on any atom is 0.331 e. The van der Waals surface area contributed by atoms with E-state index in [9.17, 15) is 14.4 Å². The van der Waals surface area contributed by atoms with E-state index in [1.165, 1.54) is 11.0 Å². The molecule has 0 aliphatic carbocycles. The lowest BCUT2D eigenvalue weighted by atomic mass is 9.97. The van der Waals surface area contributed by atoms with Gasteiger partial charge in [0.05, 0.1) is 19.1 Å². The molecule has 8 heteroatoms. The van der Waals surface area contributed by atoms with Crippen molar-refractivity contribution in [1.29, 1.82) is 0 Å². The number of nitrogens with zero attached hydrogens (tertiary/aromatic N) is 1. The number of hydrogen-bond donors (Lipinski definition) is 1. The van der Waals surface area contributed by atoms with E-state index >= 15 is 0 Å². The molecule has 1 fully saturated rings. The number of hydrogen-bond acceptors (Lipinski definition) is 6. The van der Waals surface area contributed by atoms with Crippen molar-refractivity contribution >= 4 is 23.9 Å². The predicted molar refractivity (Wildman–Crippen MR) is 107 cm³/mol. The van der Waals surface area contributed by atoms with Crippen LogP contribution in [-0.2, 0) is 19.1 Å². The normalized spacial score (nSPS) is 16.7. The first-order valence-electron chi connectivity index (χ1n) is 9.56. The van der Waals surface area contributed by atoms with E-state index in [4.69, 9.17) is 19.9 Å². The molecule has 1 saturated heterocycles. The lowest BCUT2D eigenvalue weighted by Gasteiger charge is -2.30. The summed E-state index contributed by atoms with van der Waals surface area (Å²) in [6.07, 6.45) is 4.19.